The molecule has 11 heteroatoms. The van der Waals surface area contributed by atoms with Crippen LogP contribution >= 0.6 is 0 Å². The number of carbonyl (C=O) groups excluding carboxylic acids is 1. The molecule has 1 atom stereocenters. The van der Waals surface area contributed by atoms with Crippen LogP contribution in [0.4, 0.5) is 18.9 Å². The van der Waals surface area contributed by atoms with Crippen molar-refractivity contribution in [1.82, 2.24) is 30.7 Å². The van der Waals surface area contributed by atoms with Crippen LogP contribution in [-0.2, 0) is 4.79 Å². The molecule has 0 aromatic carbocycles. The van der Waals surface area contributed by atoms with E-state index in [1.165, 1.54) is 0 Å². The van der Waals surface area contributed by atoms with Crippen LogP contribution in [0.5, 0.6) is 0 Å². The molecule has 1 amide bonds. The highest BCUT2D eigenvalue weighted by atomic mass is 19.4. The summed E-state index contributed by atoms with van der Waals surface area (Å²) in [5.41, 5.74) is 1.83. The second-order valence-electron chi connectivity index (χ2n) is 6.80. The number of aromatic amines is 1. The van der Waals surface area contributed by atoms with Crippen LogP contribution in [0.2, 0.25) is 0 Å². The Morgan fingerprint density at radius 2 is 2.21 bits per heavy atom. The van der Waals surface area contributed by atoms with E-state index in [0.29, 0.717) is 30.8 Å². The summed E-state index contributed by atoms with van der Waals surface area (Å²) in [7, 11) is 0. The third kappa shape index (κ3) is 3.69. The summed E-state index contributed by atoms with van der Waals surface area (Å²) in [6, 6.07) is 1.84. The molecule has 4 heterocycles. The largest absolute Gasteiger partial charge is 0.390 e. The molecule has 0 spiro atoms. The lowest BCUT2D eigenvalue weighted by atomic mass is 9.96. The average Bonchev–Trinajstić information content (AvgIpc) is 3.15. The lowest BCUT2D eigenvalue weighted by molar-refractivity contribution is -0.136. The first kappa shape index (κ1) is 18.4. The van der Waals surface area contributed by atoms with Gasteiger partial charge in [0.1, 0.15) is 0 Å². The molecule has 3 aromatic heterocycles. The first-order chi connectivity index (χ1) is 13.4. The molecule has 8 nitrogen and oxygen atoms in total. The van der Waals surface area contributed by atoms with Gasteiger partial charge in [-0.15, -0.1) is 10.2 Å². The smallest absolute Gasteiger partial charge is 0.369 e. The minimum atomic E-state index is -4.28. The predicted octanol–water partition coefficient (Wildman–Crippen LogP) is 2.19. The van der Waals surface area contributed by atoms with E-state index in [0.717, 1.165) is 22.9 Å². The van der Waals surface area contributed by atoms with Crippen molar-refractivity contribution >= 4 is 33.7 Å². The van der Waals surface area contributed by atoms with Crippen molar-refractivity contribution < 1.29 is 18.0 Å². The molecule has 4 rings (SSSR count). The molecule has 28 heavy (non-hydrogen) atoms. The van der Waals surface area contributed by atoms with Crippen molar-refractivity contribution in [3.8, 4) is 0 Å². The van der Waals surface area contributed by atoms with Gasteiger partial charge in [-0.1, -0.05) is 0 Å². The Kier molecular flexibility index (Phi) is 4.73. The molecule has 2 N–H and O–H groups in total. The van der Waals surface area contributed by atoms with Crippen molar-refractivity contribution in [1.29, 1.82) is 0 Å². The first-order valence-corrected chi connectivity index (χ1v) is 8.96. The Hall–Kier alpha value is -2.98. The molecule has 1 aliphatic rings. The lowest BCUT2D eigenvalue weighted by Crippen LogP contribution is -2.43. The lowest BCUT2D eigenvalue weighted by Gasteiger charge is -2.34. The quantitative estimate of drug-likeness (QED) is 0.705. The molecule has 1 saturated heterocycles. The van der Waals surface area contributed by atoms with Crippen LogP contribution in [0.15, 0.2) is 18.5 Å². The number of hydrogen-bond donors (Lipinski definition) is 2. The normalized spacial score (nSPS) is 18.0. The van der Waals surface area contributed by atoms with Crippen LogP contribution < -0.4 is 10.2 Å². The Balaban J connectivity index is 1.55. The number of piperidine rings is 1. The maximum Gasteiger partial charge on any atom is 0.390 e. The number of carbonyl (C=O) groups is 1. The van der Waals surface area contributed by atoms with Crippen molar-refractivity contribution in [2.24, 2.45) is 5.92 Å². The minimum Gasteiger partial charge on any atom is -0.369 e. The standard InChI is InChI=1S/C17H18F3N7O/c18-17(19,20)4-6-22-16(28)10-2-1-7-27(9-10)12-8-23-24-15-13(12)11-3-5-21-14(11)25-26-15/h3,5,8,10H,1-2,4,6-7,9H2,(H,22,28)(H,24,26). The number of nitrogens with one attached hydrogen (secondary N) is 2. The van der Waals surface area contributed by atoms with Crippen molar-refractivity contribution in [2.45, 2.75) is 25.4 Å². The number of halogens is 3. The third-order valence-corrected chi connectivity index (χ3v) is 4.88. The third-order valence-electron chi connectivity index (χ3n) is 4.88. The van der Waals surface area contributed by atoms with Crippen LogP contribution in [0.1, 0.15) is 19.3 Å². The van der Waals surface area contributed by atoms with Crippen LogP contribution in [0, 0.1) is 5.92 Å². The number of aromatic nitrogens is 5. The van der Waals surface area contributed by atoms with Crippen LogP contribution in [0.3, 0.4) is 0 Å². The molecule has 0 saturated carbocycles. The molecular weight excluding hydrogens is 375 g/mol. The second-order valence-corrected chi connectivity index (χ2v) is 6.80. The van der Waals surface area contributed by atoms with Gasteiger partial charge in [0.25, 0.3) is 0 Å². The van der Waals surface area contributed by atoms with Gasteiger partial charge in [-0.05, 0) is 18.9 Å². The number of alkyl halides is 3. The maximum absolute atomic E-state index is 12.3. The number of hydrogen-bond acceptors (Lipinski definition) is 6. The number of rotatable bonds is 4. The van der Waals surface area contributed by atoms with Gasteiger partial charge in [0.15, 0.2) is 11.3 Å². The van der Waals surface area contributed by atoms with Gasteiger partial charge in [-0.2, -0.15) is 18.3 Å². The van der Waals surface area contributed by atoms with Crippen molar-refractivity contribution in [2.75, 3.05) is 24.5 Å². The van der Waals surface area contributed by atoms with Gasteiger partial charge in [0.2, 0.25) is 5.91 Å². The number of amides is 1. The number of nitrogens with zero attached hydrogens (tertiary/aromatic N) is 5. The van der Waals surface area contributed by atoms with Crippen molar-refractivity contribution in [3.05, 3.63) is 18.5 Å². The highest BCUT2D eigenvalue weighted by molar-refractivity contribution is 6.08. The van der Waals surface area contributed by atoms with E-state index >= 15 is 0 Å². The zero-order valence-corrected chi connectivity index (χ0v) is 14.8. The fourth-order valence-electron chi connectivity index (χ4n) is 3.55. The van der Waals surface area contributed by atoms with Crippen LogP contribution in [0.25, 0.3) is 22.1 Å². The Morgan fingerprint density at radius 1 is 1.36 bits per heavy atom. The summed E-state index contributed by atoms with van der Waals surface area (Å²) in [5, 5.41) is 19.1. The summed E-state index contributed by atoms with van der Waals surface area (Å²) >= 11 is 0. The molecule has 1 fully saturated rings. The van der Waals surface area contributed by atoms with E-state index in [1.54, 1.807) is 12.4 Å². The van der Waals surface area contributed by atoms with E-state index in [2.05, 4.69) is 30.7 Å². The van der Waals surface area contributed by atoms with E-state index in [9.17, 15) is 18.0 Å². The number of anilines is 1. The van der Waals surface area contributed by atoms with E-state index in [1.807, 2.05) is 11.0 Å². The van der Waals surface area contributed by atoms with Gasteiger partial charge in [0, 0.05) is 31.2 Å². The molecule has 148 valence electrons. The van der Waals surface area contributed by atoms with Crippen molar-refractivity contribution in [3.63, 3.8) is 0 Å². The Bertz CT molecular complexity index is 1000. The molecule has 3 aromatic rings. The highest BCUT2D eigenvalue weighted by Gasteiger charge is 2.30. The van der Waals surface area contributed by atoms with Gasteiger partial charge in [-0.25, -0.2) is 4.98 Å². The zero-order chi connectivity index (χ0) is 19.7. The molecule has 1 aliphatic heterocycles. The van der Waals surface area contributed by atoms with Gasteiger partial charge < -0.3 is 10.2 Å². The summed E-state index contributed by atoms with van der Waals surface area (Å²) in [4.78, 5) is 18.5. The highest BCUT2D eigenvalue weighted by Crippen LogP contribution is 2.32. The average molecular weight is 393 g/mol. The second kappa shape index (κ2) is 7.21. The molecule has 0 bridgehead atoms. The van der Waals surface area contributed by atoms with E-state index in [4.69, 9.17) is 0 Å². The topological polar surface area (TPSA) is 99.7 Å². The molecule has 0 aliphatic carbocycles. The number of fused-ring (bicyclic) bond motifs is 3. The molecule has 0 radical (unpaired) electrons. The van der Waals surface area contributed by atoms with Gasteiger partial charge in [-0.3, -0.25) is 9.89 Å². The predicted molar refractivity (Wildman–Crippen MR) is 95.6 cm³/mol. The number of H-pyrrole nitrogens is 1. The van der Waals surface area contributed by atoms with Gasteiger partial charge >= 0.3 is 6.18 Å². The summed E-state index contributed by atoms with van der Waals surface area (Å²) in [6.45, 7) is 0.709. The van der Waals surface area contributed by atoms with E-state index in [-0.39, 0.29) is 11.8 Å². The first-order valence-electron chi connectivity index (χ1n) is 8.96. The summed E-state index contributed by atoms with van der Waals surface area (Å²) in [6.07, 6.45) is -0.615. The summed E-state index contributed by atoms with van der Waals surface area (Å²) < 4.78 is 36.9. The molecule has 1 unspecified atom stereocenters. The van der Waals surface area contributed by atoms with E-state index < -0.39 is 19.1 Å². The molecular formula is C17H18F3N7O. The zero-order valence-electron chi connectivity index (χ0n) is 14.8. The van der Waals surface area contributed by atoms with Crippen LogP contribution in [-0.4, -0.2) is 57.1 Å². The monoisotopic (exact) mass is 393 g/mol. The Labute approximate surface area is 157 Å². The fraction of sp³-hybridized carbons (Fsp3) is 0.471. The summed E-state index contributed by atoms with van der Waals surface area (Å²) in [5.74, 6) is -0.738. The maximum atomic E-state index is 12.3. The minimum absolute atomic E-state index is 0.353. The Morgan fingerprint density at radius 3 is 3.04 bits per heavy atom. The fourth-order valence-corrected chi connectivity index (χ4v) is 3.55. The SMILES string of the molecule is O=C(NCCC(F)(F)F)C1CCCN(c2cn[nH]c3nnc4nccc4c23)C1. The van der Waals surface area contributed by atoms with Gasteiger partial charge in [0.05, 0.1) is 29.6 Å².